The molecule has 4 nitrogen and oxygen atoms in total. The van der Waals surface area contributed by atoms with Crippen molar-refractivity contribution in [3.05, 3.63) is 70.3 Å². The van der Waals surface area contributed by atoms with Crippen LogP contribution in [0.25, 0.3) is 0 Å². The minimum Gasteiger partial charge on any atom is -0.352 e. The van der Waals surface area contributed by atoms with Crippen LogP contribution in [-0.2, 0) is 21.9 Å². The van der Waals surface area contributed by atoms with Crippen molar-refractivity contribution in [1.82, 2.24) is 10.2 Å². The van der Waals surface area contributed by atoms with Gasteiger partial charge >= 0.3 is 0 Å². The molecule has 1 atom stereocenters. The number of nitrogens with zero attached hydrogens (tertiary/aromatic N) is 1. The van der Waals surface area contributed by atoms with E-state index in [9.17, 15) is 9.59 Å². The summed E-state index contributed by atoms with van der Waals surface area (Å²) < 4.78 is 0. The van der Waals surface area contributed by atoms with Crippen LogP contribution >= 0.6 is 11.8 Å². The number of aryl methyl sites for hydroxylation is 3. The topological polar surface area (TPSA) is 49.4 Å². The van der Waals surface area contributed by atoms with Crippen LogP contribution in [0, 0.1) is 20.8 Å². The average Bonchev–Trinajstić information content (AvgIpc) is 2.80. The van der Waals surface area contributed by atoms with Gasteiger partial charge in [-0.3, -0.25) is 9.59 Å². The van der Waals surface area contributed by atoms with E-state index in [0.29, 0.717) is 18.7 Å². The summed E-state index contributed by atoms with van der Waals surface area (Å²) in [4.78, 5) is 28.6. The summed E-state index contributed by atoms with van der Waals surface area (Å²) in [7, 11) is 0. The Labute approximate surface area is 209 Å². The van der Waals surface area contributed by atoms with Crippen molar-refractivity contribution in [2.24, 2.45) is 0 Å². The van der Waals surface area contributed by atoms with E-state index in [1.807, 2.05) is 24.0 Å². The van der Waals surface area contributed by atoms with Crippen LogP contribution in [0.3, 0.4) is 0 Å². The fourth-order valence-electron chi connectivity index (χ4n) is 4.93. The molecule has 1 N–H and O–H groups in total. The minimum atomic E-state index is -0.448. The first kappa shape index (κ1) is 26.3. The lowest BCUT2D eigenvalue weighted by molar-refractivity contribution is -0.139. The Morgan fingerprint density at radius 1 is 1.03 bits per heavy atom. The van der Waals surface area contributed by atoms with Crippen LogP contribution in [-0.4, -0.2) is 34.6 Å². The molecule has 0 aliphatic heterocycles. The Morgan fingerprint density at radius 3 is 2.35 bits per heavy atom. The highest BCUT2D eigenvalue weighted by atomic mass is 32.2. The first-order chi connectivity index (χ1) is 16.4. The third-order valence-corrected chi connectivity index (χ3v) is 7.70. The van der Waals surface area contributed by atoms with E-state index in [0.717, 1.165) is 29.7 Å². The molecule has 0 saturated heterocycles. The summed E-state index contributed by atoms with van der Waals surface area (Å²) >= 11 is 1.63. The minimum absolute atomic E-state index is 0.00403. The molecule has 0 radical (unpaired) electrons. The molecule has 0 bridgehead atoms. The van der Waals surface area contributed by atoms with E-state index >= 15 is 0 Å². The highest BCUT2D eigenvalue weighted by molar-refractivity contribution is 7.99. The third kappa shape index (κ3) is 7.63. The molecule has 0 heterocycles. The lowest BCUT2D eigenvalue weighted by Gasteiger charge is -2.33. The van der Waals surface area contributed by atoms with Crippen molar-refractivity contribution in [3.8, 4) is 0 Å². The third-order valence-electron chi connectivity index (χ3n) is 6.72. The van der Waals surface area contributed by atoms with E-state index in [1.165, 1.54) is 36.0 Å². The standard InChI is InChI=1S/C29H40N2O2S/c1-5-27(29(33)30-26-13-7-6-8-14-26)31(18-25-12-10-9-11-23(25)4)28(32)20-34-19-24-16-21(2)15-22(3)17-24/h9-12,15-17,26-27H,5-8,13-14,18-20H2,1-4H3,(H,30,33)/t27-/m0/s1. The molecule has 0 unspecified atom stereocenters. The monoisotopic (exact) mass is 480 g/mol. The zero-order valence-electron chi connectivity index (χ0n) is 21.2. The van der Waals surface area contributed by atoms with E-state index in [2.05, 4.69) is 56.4 Å². The maximum atomic E-state index is 13.5. The number of benzene rings is 2. The number of rotatable bonds is 10. The van der Waals surface area contributed by atoms with Crippen LogP contribution in [0.1, 0.15) is 73.3 Å². The van der Waals surface area contributed by atoms with Crippen molar-refractivity contribution < 1.29 is 9.59 Å². The van der Waals surface area contributed by atoms with E-state index < -0.39 is 6.04 Å². The number of hydrogen-bond donors (Lipinski definition) is 1. The molecular formula is C29H40N2O2S. The molecule has 1 fully saturated rings. The van der Waals surface area contributed by atoms with Gasteiger partial charge in [-0.2, -0.15) is 0 Å². The number of amides is 2. The molecule has 0 spiro atoms. The number of carbonyl (C=O) groups is 2. The first-order valence-corrected chi connectivity index (χ1v) is 13.8. The van der Waals surface area contributed by atoms with Gasteiger partial charge in [-0.1, -0.05) is 79.8 Å². The van der Waals surface area contributed by atoms with Gasteiger partial charge in [-0.15, -0.1) is 11.8 Å². The van der Waals surface area contributed by atoms with Crippen molar-refractivity contribution >= 4 is 23.6 Å². The van der Waals surface area contributed by atoms with Crippen LogP contribution < -0.4 is 5.32 Å². The van der Waals surface area contributed by atoms with Gasteiger partial charge in [-0.25, -0.2) is 0 Å². The Balaban J connectivity index is 1.72. The van der Waals surface area contributed by atoms with E-state index in [4.69, 9.17) is 0 Å². The average molecular weight is 481 g/mol. The van der Waals surface area contributed by atoms with E-state index in [-0.39, 0.29) is 17.9 Å². The Bertz CT molecular complexity index is 948. The summed E-state index contributed by atoms with van der Waals surface area (Å²) in [5.41, 5.74) is 5.97. The normalized spacial score (nSPS) is 15.1. The van der Waals surface area contributed by atoms with Crippen molar-refractivity contribution in [3.63, 3.8) is 0 Å². The number of thioether (sulfide) groups is 1. The molecular weight excluding hydrogens is 440 g/mol. The second kappa shape index (κ2) is 13.0. The fourth-order valence-corrected chi connectivity index (χ4v) is 5.77. The molecule has 2 aromatic carbocycles. The van der Waals surface area contributed by atoms with Gasteiger partial charge in [0.05, 0.1) is 5.75 Å². The summed E-state index contributed by atoms with van der Waals surface area (Å²) in [6.07, 6.45) is 6.28. The maximum Gasteiger partial charge on any atom is 0.243 e. The van der Waals surface area contributed by atoms with E-state index in [1.54, 1.807) is 11.8 Å². The molecule has 34 heavy (non-hydrogen) atoms. The number of carbonyl (C=O) groups excluding carboxylic acids is 2. The predicted molar refractivity (Wildman–Crippen MR) is 143 cm³/mol. The summed E-state index contributed by atoms with van der Waals surface area (Å²) in [6.45, 7) is 8.74. The van der Waals surface area contributed by atoms with Crippen LogP contribution in [0.2, 0.25) is 0 Å². The number of nitrogens with one attached hydrogen (secondary N) is 1. The smallest absolute Gasteiger partial charge is 0.243 e. The van der Waals surface area contributed by atoms with Crippen molar-refractivity contribution in [2.45, 2.75) is 90.6 Å². The maximum absolute atomic E-state index is 13.5. The zero-order chi connectivity index (χ0) is 24.5. The molecule has 1 aliphatic rings. The van der Waals surface area contributed by atoms with Crippen LogP contribution in [0.5, 0.6) is 0 Å². The summed E-state index contributed by atoms with van der Waals surface area (Å²) in [5.74, 6) is 1.18. The van der Waals surface area contributed by atoms with Gasteiger partial charge in [0.15, 0.2) is 0 Å². The summed E-state index contributed by atoms with van der Waals surface area (Å²) in [6, 6.07) is 14.5. The van der Waals surface area contributed by atoms with Crippen molar-refractivity contribution in [2.75, 3.05) is 5.75 Å². The Hall–Kier alpha value is -2.27. The quantitative estimate of drug-likeness (QED) is 0.447. The predicted octanol–water partition coefficient (Wildman–Crippen LogP) is 6.10. The molecule has 1 saturated carbocycles. The lowest BCUT2D eigenvalue weighted by Crippen LogP contribution is -2.52. The van der Waals surface area contributed by atoms with Crippen LogP contribution in [0.4, 0.5) is 0 Å². The SMILES string of the molecule is CC[C@@H](C(=O)NC1CCCCC1)N(Cc1ccccc1C)C(=O)CSCc1cc(C)cc(C)c1. The summed E-state index contributed by atoms with van der Waals surface area (Å²) in [5, 5.41) is 3.26. The molecule has 2 amide bonds. The fraction of sp³-hybridized carbons (Fsp3) is 0.517. The highest BCUT2D eigenvalue weighted by Crippen LogP contribution is 2.21. The molecule has 184 valence electrons. The van der Waals surface area contributed by atoms with Gasteiger partial charge in [0, 0.05) is 18.3 Å². The second-order valence-corrected chi connectivity index (χ2v) is 10.7. The van der Waals surface area contributed by atoms with Crippen LogP contribution in [0.15, 0.2) is 42.5 Å². The van der Waals surface area contributed by atoms with Crippen molar-refractivity contribution in [1.29, 1.82) is 0 Å². The van der Waals surface area contributed by atoms with Gasteiger partial charge in [0.25, 0.3) is 0 Å². The molecule has 3 rings (SSSR count). The Kier molecular flexibility index (Phi) is 10.1. The largest absolute Gasteiger partial charge is 0.352 e. The highest BCUT2D eigenvalue weighted by Gasteiger charge is 2.30. The molecule has 0 aromatic heterocycles. The molecule has 2 aromatic rings. The molecule has 1 aliphatic carbocycles. The lowest BCUT2D eigenvalue weighted by atomic mass is 9.95. The van der Waals surface area contributed by atoms with Gasteiger partial charge in [0.1, 0.15) is 6.04 Å². The van der Waals surface area contributed by atoms with Gasteiger partial charge in [0.2, 0.25) is 11.8 Å². The number of hydrogen-bond acceptors (Lipinski definition) is 3. The van der Waals surface area contributed by atoms with Gasteiger partial charge in [-0.05, 0) is 56.7 Å². The Morgan fingerprint density at radius 2 is 1.71 bits per heavy atom. The first-order valence-electron chi connectivity index (χ1n) is 12.7. The molecule has 5 heteroatoms. The second-order valence-electron chi connectivity index (χ2n) is 9.70. The zero-order valence-corrected chi connectivity index (χ0v) is 22.0. The van der Waals surface area contributed by atoms with Gasteiger partial charge < -0.3 is 10.2 Å².